The van der Waals surface area contributed by atoms with Gasteiger partial charge in [-0.1, -0.05) is 24.6 Å². The summed E-state index contributed by atoms with van der Waals surface area (Å²) < 4.78 is 20.7. The maximum absolute atomic E-state index is 13.4. The molecule has 2 aromatic carbocycles. The molecule has 29 heavy (non-hydrogen) atoms. The molecule has 0 atom stereocenters. The van der Waals surface area contributed by atoms with Crippen molar-refractivity contribution in [1.82, 2.24) is 19.5 Å². The fourth-order valence-electron chi connectivity index (χ4n) is 3.17. The summed E-state index contributed by atoms with van der Waals surface area (Å²) in [5.41, 5.74) is 0.705. The highest BCUT2D eigenvalue weighted by atomic mass is 35.5. The lowest BCUT2D eigenvalue weighted by Crippen LogP contribution is -2.29. The molecular weight excluding hydrogens is 399 g/mol. The average molecular weight is 415 g/mol. The highest BCUT2D eigenvalue weighted by molar-refractivity contribution is 6.32. The monoisotopic (exact) mass is 414 g/mol. The van der Waals surface area contributed by atoms with E-state index in [1.165, 1.54) is 12.1 Å². The second-order valence-electron chi connectivity index (χ2n) is 6.40. The van der Waals surface area contributed by atoms with Crippen LogP contribution >= 0.6 is 11.6 Å². The van der Waals surface area contributed by atoms with Gasteiger partial charge >= 0.3 is 5.69 Å². The summed E-state index contributed by atoms with van der Waals surface area (Å²) in [4.78, 5) is 34.5. The first-order valence-corrected chi connectivity index (χ1v) is 9.35. The lowest BCUT2D eigenvalue weighted by atomic mass is 10.1. The van der Waals surface area contributed by atoms with Crippen molar-refractivity contribution in [2.45, 2.75) is 19.9 Å². The average Bonchev–Trinajstić information content (AvgIpc) is 2.68. The van der Waals surface area contributed by atoms with E-state index in [0.29, 0.717) is 28.2 Å². The standard InChI is InChI=1S/C20H16ClFN4O3/c1-2-11-8-16-15(10-14(11)21)23-17-18(24-20(28)25-19(17)27)26(16)6-7-29-13-5-3-4-12(22)9-13/h3-5,8-10H,2,6-7H2,1H3,(H,25,27,28). The largest absolute Gasteiger partial charge is 0.492 e. The van der Waals surface area contributed by atoms with Crippen LogP contribution < -0.4 is 16.0 Å². The highest BCUT2D eigenvalue weighted by Crippen LogP contribution is 2.27. The lowest BCUT2D eigenvalue weighted by molar-refractivity contribution is 0.298. The SMILES string of the molecule is CCc1cc2c(cc1Cl)nc1c(=O)[nH]c(=O)nc-1n2CCOc1cccc(F)c1. The number of rotatable bonds is 5. The smallest absolute Gasteiger partial charge is 0.349 e. The summed E-state index contributed by atoms with van der Waals surface area (Å²) in [6.07, 6.45) is 0.697. The number of aromatic nitrogens is 4. The Bertz CT molecular complexity index is 1300. The van der Waals surface area contributed by atoms with Crippen molar-refractivity contribution in [2.75, 3.05) is 6.61 Å². The van der Waals surface area contributed by atoms with Crippen molar-refractivity contribution in [2.24, 2.45) is 0 Å². The molecule has 1 N–H and O–H groups in total. The van der Waals surface area contributed by atoms with Crippen LogP contribution in [0.25, 0.3) is 22.6 Å². The Balaban J connectivity index is 1.83. The molecule has 2 heterocycles. The molecular formula is C20H16ClFN4O3. The molecule has 2 aliphatic rings. The van der Waals surface area contributed by atoms with E-state index in [9.17, 15) is 14.0 Å². The fourth-order valence-corrected chi connectivity index (χ4v) is 3.46. The summed E-state index contributed by atoms with van der Waals surface area (Å²) in [5, 5.41) is 0.541. The van der Waals surface area contributed by atoms with Crippen molar-refractivity contribution < 1.29 is 9.13 Å². The minimum absolute atomic E-state index is 0.0307. The topological polar surface area (TPSA) is 89.9 Å². The number of benzene rings is 2. The van der Waals surface area contributed by atoms with Gasteiger partial charge in [0.15, 0.2) is 11.5 Å². The van der Waals surface area contributed by atoms with Crippen LogP contribution in [0.4, 0.5) is 4.39 Å². The molecule has 0 radical (unpaired) electrons. The molecule has 0 saturated carbocycles. The van der Waals surface area contributed by atoms with Gasteiger partial charge in [-0.25, -0.2) is 14.2 Å². The number of hydrogen-bond donors (Lipinski definition) is 1. The zero-order valence-electron chi connectivity index (χ0n) is 15.4. The van der Waals surface area contributed by atoms with E-state index < -0.39 is 17.1 Å². The van der Waals surface area contributed by atoms with Crippen LogP contribution in [0.1, 0.15) is 12.5 Å². The lowest BCUT2D eigenvalue weighted by Gasteiger charge is -2.18. The Labute approximate surface area is 169 Å². The molecule has 0 fully saturated rings. The maximum atomic E-state index is 13.4. The van der Waals surface area contributed by atoms with Crippen molar-refractivity contribution in [3.8, 4) is 17.3 Å². The molecule has 148 valence electrons. The Morgan fingerprint density at radius 2 is 2.03 bits per heavy atom. The molecule has 2 aromatic rings. The van der Waals surface area contributed by atoms with Gasteiger partial charge in [0.1, 0.15) is 18.2 Å². The molecule has 7 nitrogen and oxygen atoms in total. The number of hydrogen-bond acceptors (Lipinski definition) is 5. The number of halogens is 2. The van der Waals surface area contributed by atoms with Crippen LogP contribution in [0.3, 0.4) is 0 Å². The third kappa shape index (κ3) is 3.71. The van der Waals surface area contributed by atoms with Gasteiger partial charge in [0.05, 0.1) is 17.6 Å². The molecule has 0 amide bonds. The van der Waals surface area contributed by atoms with Crippen LogP contribution in [-0.4, -0.2) is 26.1 Å². The van der Waals surface area contributed by atoms with E-state index in [2.05, 4.69) is 15.0 Å². The predicted octanol–water partition coefficient (Wildman–Crippen LogP) is 3.02. The molecule has 0 unspecified atom stereocenters. The minimum Gasteiger partial charge on any atom is -0.492 e. The number of nitrogens with one attached hydrogen (secondary N) is 1. The molecule has 0 aromatic heterocycles. The van der Waals surface area contributed by atoms with Crippen LogP contribution in [0.5, 0.6) is 5.75 Å². The third-order valence-electron chi connectivity index (χ3n) is 4.54. The van der Waals surface area contributed by atoms with Gasteiger partial charge < -0.3 is 9.30 Å². The Morgan fingerprint density at radius 3 is 2.79 bits per heavy atom. The Kier molecular flexibility index (Phi) is 5.02. The number of aromatic amines is 1. The first-order valence-electron chi connectivity index (χ1n) is 8.97. The third-order valence-corrected chi connectivity index (χ3v) is 4.89. The molecule has 2 aliphatic heterocycles. The molecule has 4 rings (SSSR count). The van der Waals surface area contributed by atoms with Crippen molar-refractivity contribution in [3.63, 3.8) is 0 Å². The zero-order chi connectivity index (χ0) is 20.5. The summed E-state index contributed by atoms with van der Waals surface area (Å²) in [7, 11) is 0. The summed E-state index contributed by atoms with van der Waals surface area (Å²) in [6.45, 7) is 2.39. The Hall–Kier alpha value is -3.26. The van der Waals surface area contributed by atoms with Gasteiger partial charge in [0.25, 0.3) is 5.56 Å². The van der Waals surface area contributed by atoms with E-state index in [4.69, 9.17) is 16.3 Å². The van der Waals surface area contributed by atoms with Gasteiger partial charge in [-0.05, 0) is 36.2 Å². The number of ether oxygens (including phenoxy) is 1. The zero-order valence-corrected chi connectivity index (χ0v) is 16.2. The van der Waals surface area contributed by atoms with E-state index in [1.54, 1.807) is 22.8 Å². The van der Waals surface area contributed by atoms with E-state index >= 15 is 0 Å². The summed E-state index contributed by atoms with van der Waals surface area (Å²) in [5.74, 6) is 0.126. The highest BCUT2D eigenvalue weighted by Gasteiger charge is 2.19. The van der Waals surface area contributed by atoms with Gasteiger partial charge in [-0.15, -0.1) is 0 Å². The van der Waals surface area contributed by atoms with E-state index in [-0.39, 0.29) is 24.7 Å². The normalized spacial score (nSPS) is 11.3. The first kappa shape index (κ1) is 19.1. The van der Waals surface area contributed by atoms with Crippen molar-refractivity contribution in [3.05, 3.63) is 73.6 Å². The number of H-pyrrole nitrogens is 1. The Morgan fingerprint density at radius 1 is 1.21 bits per heavy atom. The first-order chi connectivity index (χ1) is 14.0. The number of nitrogens with zero attached hydrogens (tertiary/aromatic N) is 3. The minimum atomic E-state index is -0.756. The maximum Gasteiger partial charge on any atom is 0.349 e. The van der Waals surface area contributed by atoms with Crippen LogP contribution in [0, 0.1) is 5.82 Å². The number of fused-ring (bicyclic) bond motifs is 2. The van der Waals surface area contributed by atoms with Crippen molar-refractivity contribution >= 4 is 22.6 Å². The number of aryl methyl sites for hydroxylation is 1. The molecule has 0 spiro atoms. The fraction of sp³-hybridized carbons (Fsp3) is 0.200. The van der Waals surface area contributed by atoms with Gasteiger partial charge in [-0.3, -0.25) is 9.78 Å². The summed E-state index contributed by atoms with van der Waals surface area (Å²) in [6, 6.07) is 9.34. The summed E-state index contributed by atoms with van der Waals surface area (Å²) >= 11 is 6.31. The van der Waals surface area contributed by atoms with Gasteiger partial charge in [0, 0.05) is 11.1 Å². The molecule has 0 aliphatic carbocycles. The second kappa shape index (κ2) is 7.63. The molecule has 0 saturated heterocycles. The van der Waals surface area contributed by atoms with E-state index in [0.717, 1.165) is 5.56 Å². The van der Waals surface area contributed by atoms with Crippen molar-refractivity contribution in [1.29, 1.82) is 0 Å². The molecule has 9 heteroatoms. The molecule has 0 bridgehead atoms. The van der Waals surface area contributed by atoms with Crippen LogP contribution in [0.15, 0.2) is 46.0 Å². The van der Waals surface area contributed by atoms with E-state index in [1.807, 2.05) is 13.0 Å². The van der Waals surface area contributed by atoms with Gasteiger partial charge in [-0.2, -0.15) is 4.98 Å². The quantitative estimate of drug-likeness (QED) is 0.507. The van der Waals surface area contributed by atoms with Gasteiger partial charge in [0.2, 0.25) is 0 Å². The second-order valence-corrected chi connectivity index (χ2v) is 6.81. The van der Waals surface area contributed by atoms with Crippen LogP contribution in [-0.2, 0) is 13.0 Å². The van der Waals surface area contributed by atoms with Crippen LogP contribution in [0.2, 0.25) is 5.02 Å². The predicted molar refractivity (Wildman–Crippen MR) is 107 cm³/mol.